The van der Waals surface area contributed by atoms with Crippen LogP contribution in [-0.2, 0) is 6.18 Å². The Labute approximate surface area is 178 Å². The number of nitrogens with one attached hydrogen (secondary N) is 2. The van der Waals surface area contributed by atoms with Gasteiger partial charge < -0.3 is 15.5 Å². The zero-order valence-corrected chi connectivity index (χ0v) is 17.6. The van der Waals surface area contributed by atoms with Gasteiger partial charge in [0.05, 0.1) is 5.56 Å². The van der Waals surface area contributed by atoms with Crippen molar-refractivity contribution in [3.8, 4) is 0 Å². The number of carbonyl (C=O) groups is 1. The second-order valence-corrected chi connectivity index (χ2v) is 7.91. The summed E-state index contributed by atoms with van der Waals surface area (Å²) in [6, 6.07) is 4.15. The third-order valence-corrected chi connectivity index (χ3v) is 5.23. The summed E-state index contributed by atoms with van der Waals surface area (Å²) in [7, 11) is 3.81. The predicted octanol–water partition coefficient (Wildman–Crippen LogP) is 4.16. The van der Waals surface area contributed by atoms with Gasteiger partial charge in [-0.15, -0.1) is 0 Å². The zero-order valence-electron chi connectivity index (χ0n) is 17.6. The third-order valence-electron chi connectivity index (χ3n) is 5.23. The molecule has 1 aliphatic carbocycles. The van der Waals surface area contributed by atoms with Gasteiger partial charge in [-0.05, 0) is 50.8 Å². The molecule has 168 valence electrons. The van der Waals surface area contributed by atoms with E-state index < -0.39 is 23.5 Å². The van der Waals surface area contributed by atoms with Gasteiger partial charge >= 0.3 is 6.18 Å². The number of nitrogens with zero attached hydrogens (tertiary/aromatic N) is 3. The molecule has 0 spiro atoms. The highest BCUT2D eigenvalue weighted by atomic mass is 19.4. The molecule has 3 rings (SSSR count). The van der Waals surface area contributed by atoms with Crippen molar-refractivity contribution in [2.24, 2.45) is 0 Å². The quantitative estimate of drug-likeness (QED) is 0.685. The first-order valence-corrected chi connectivity index (χ1v) is 10.00. The van der Waals surface area contributed by atoms with Gasteiger partial charge in [0.1, 0.15) is 23.3 Å². The van der Waals surface area contributed by atoms with Crippen LogP contribution in [0.1, 0.15) is 47.4 Å². The number of benzene rings is 1. The van der Waals surface area contributed by atoms with Crippen molar-refractivity contribution in [1.29, 1.82) is 0 Å². The van der Waals surface area contributed by atoms with Gasteiger partial charge in [0.2, 0.25) is 0 Å². The molecule has 2 N–H and O–H groups in total. The van der Waals surface area contributed by atoms with E-state index in [-0.39, 0.29) is 17.6 Å². The van der Waals surface area contributed by atoms with Crippen LogP contribution in [0.25, 0.3) is 0 Å². The van der Waals surface area contributed by atoms with Gasteiger partial charge in [-0.1, -0.05) is 0 Å². The maximum absolute atomic E-state index is 13.7. The van der Waals surface area contributed by atoms with Crippen molar-refractivity contribution < 1.29 is 22.4 Å². The Bertz CT molecular complexity index is 940. The van der Waals surface area contributed by atoms with Crippen LogP contribution in [0.2, 0.25) is 0 Å². The first kappa shape index (κ1) is 22.8. The Morgan fingerprint density at radius 3 is 2.29 bits per heavy atom. The summed E-state index contributed by atoms with van der Waals surface area (Å²) >= 11 is 0. The summed E-state index contributed by atoms with van der Waals surface area (Å²) in [5.41, 5.74) is -1.51. The Kier molecular flexibility index (Phi) is 6.66. The van der Waals surface area contributed by atoms with E-state index in [9.17, 15) is 22.4 Å². The molecule has 10 heteroatoms. The van der Waals surface area contributed by atoms with E-state index in [2.05, 4.69) is 20.6 Å². The number of halogens is 4. The van der Waals surface area contributed by atoms with E-state index in [1.54, 1.807) is 0 Å². The van der Waals surface area contributed by atoms with Gasteiger partial charge in [-0.3, -0.25) is 4.79 Å². The van der Waals surface area contributed by atoms with Crippen LogP contribution in [0, 0.1) is 12.7 Å². The van der Waals surface area contributed by atoms with Crippen molar-refractivity contribution in [2.75, 3.05) is 24.3 Å². The number of amides is 1. The number of carbonyl (C=O) groups excluding carboxylic acids is 1. The Morgan fingerprint density at radius 2 is 1.71 bits per heavy atom. The number of rotatable bonds is 5. The highest BCUT2D eigenvalue weighted by molar-refractivity contribution is 5.94. The molecule has 1 aliphatic rings. The highest BCUT2D eigenvalue weighted by Gasteiger charge is 2.34. The standard InChI is InChI=1S/C21H25F4N5O/c1-12-26-18(11-19(27-12)30(2)3)28-14-5-7-15(8-6-14)29-20(31)13-4-9-16(17(22)10-13)21(23,24)25/h4,9-11,14-15H,5-8H2,1-3H3,(H,29,31)(H,26,27,28)/t14-,15+. The number of aromatic nitrogens is 2. The van der Waals surface area contributed by atoms with Gasteiger partial charge in [-0.25, -0.2) is 14.4 Å². The number of alkyl halides is 3. The minimum absolute atomic E-state index is 0.125. The molecule has 1 aromatic carbocycles. The number of aryl methyl sites for hydroxylation is 1. The van der Waals surface area contributed by atoms with Crippen LogP contribution < -0.4 is 15.5 Å². The minimum atomic E-state index is -4.79. The van der Waals surface area contributed by atoms with E-state index in [0.29, 0.717) is 30.8 Å². The van der Waals surface area contributed by atoms with E-state index >= 15 is 0 Å². The van der Waals surface area contributed by atoms with E-state index in [0.717, 1.165) is 30.5 Å². The average molecular weight is 439 g/mol. The molecule has 0 radical (unpaired) electrons. The Balaban J connectivity index is 1.55. The van der Waals surface area contributed by atoms with Gasteiger partial charge in [0, 0.05) is 37.8 Å². The molecule has 1 aromatic heterocycles. The minimum Gasteiger partial charge on any atom is -0.367 e. The van der Waals surface area contributed by atoms with Crippen molar-refractivity contribution >= 4 is 17.5 Å². The molecule has 1 fully saturated rings. The van der Waals surface area contributed by atoms with Crippen LogP contribution in [0.4, 0.5) is 29.2 Å². The molecule has 2 aromatic rings. The summed E-state index contributed by atoms with van der Waals surface area (Å²) in [6.07, 6.45) is -1.84. The molecule has 0 atom stereocenters. The van der Waals surface area contributed by atoms with E-state index in [1.165, 1.54) is 0 Å². The molecule has 0 saturated heterocycles. The largest absolute Gasteiger partial charge is 0.419 e. The van der Waals surface area contributed by atoms with Crippen molar-refractivity contribution in [3.05, 3.63) is 47.0 Å². The first-order chi connectivity index (χ1) is 14.5. The number of anilines is 2. The fourth-order valence-electron chi connectivity index (χ4n) is 3.60. The Hall–Kier alpha value is -2.91. The molecule has 31 heavy (non-hydrogen) atoms. The number of hydrogen-bond acceptors (Lipinski definition) is 5. The molecule has 1 heterocycles. The van der Waals surface area contributed by atoms with Crippen LogP contribution >= 0.6 is 0 Å². The molecule has 6 nitrogen and oxygen atoms in total. The fraction of sp³-hybridized carbons (Fsp3) is 0.476. The summed E-state index contributed by atoms with van der Waals surface area (Å²) < 4.78 is 51.7. The van der Waals surface area contributed by atoms with Crippen LogP contribution in [0.5, 0.6) is 0 Å². The summed E-state index contributed by atoms with van der Waals surface area (Å²) in [6.45, 7) is 1.83. The number of hydrogen-bond donors (Lipinski definition) is 2. The molecule has 0 bridgehead atoms. The third kappa shape index (κ3) is 5.83. The lowest BCUT2D eigenvalue weighted by atomic mass is 9.91. The smallest absolute Gasteiger partial charge is 0.367 e. The second kappa shape index (κ2) is 9.07. The maximum atomic E-state index is 13.7. The zero-order chi connectivity index (χ0) is 22.8. The fourth-order valence-corrected chi connectivity index (χ4v) is 3.60. The average Bonchev–Trinajstić information content (AvgIpc) is 2.68. The Morgan fingerprint density at radius 1 is 1.06 bits per heavy atom. The summed E-state index contributed by atoms with van der Waals surface area (Å²) in [4.78, 5) is 23.0. The summed E-state index contributed by atoms with van der Waals surface area (Å²) in [5.74, 6) is 0.179. The summed E-state index contributed by atoms with van der Waals surface area (Å²) in [5, 5.41) is 6.19. The SMILES string of the molecule is Cc1nc(N[C@H]2CC[C@@H](NC(=O)c3ccc(C(F)(F)F)c(F)c3)CC2)cc(N(C)C)n1. The van der Waals surface area contributed by atoms with Crippen molar-refractivity contribution in [3.63, 3.8) is 0 Å². The molecule has 1 amide bonds. The maximum Gasteiger partial charge on any atom is 0.419 e. The normalized spacial score (nSPS) is 19.1. The first-order valence-electron chi connectivity index (χ1n) is 10.00. The van der Waals surface area contributed by atoms with Gasteiger partial charge in [-0.2, -0.15) is 13.2 Å². The van der Waals surface area contributed by atoms with Crippen LogP contribution in [-0.4, -0.2) is 42.1 Å². The topological polar surface area (TPSA) is 70.2 Å². The molecular weight excluding hydrogens is 414 g/mol. The van der Waals surface area contributed by atoms with E-state index in [4.69, 9.17) is 0 Å². The molecule has 0 unspecified atom stereocenters. The molecule has 0 aliphatic heterocycles. The molecule has 1 saturated carbocycles. The lowest BCUT2D eigenvalue weighted by Gasteiger charge is -2.30. The van der Waals surface area contributed by atoms with Crippen molar-refractivity contribution in [2.45, 2.75) is 50.9 Å². The predicted molar refractivity (Wildman–Crippen MR) is 110 cm³/mol. The van der Waals surface area contributed by atoms with Gasteiger partial charge in [0.25, 0.3) is 5.91 Å². The van der Waals surface area contributed by atoms with Gasteiger partial charge in [0.15, 0.2) is 0 Å². The van der Waals surface area contributed by atoms with Crippen LogP contribution in [0.15, 0.2) is 24.3 Å². The monoisotopic (exact) mass is 439 g/mol. The van der Waals surface area contributed by atoms with E-state index in [1.807, 2.05) is 32.0 Å². The second-order valence-electron chi connectivity index (χ2n) is 7.91. The van der Waals surface area contributed by atoms with Crippen molar-refractivity contribution in [1.82, 2.24) is 15.3 Å². The highest BCUT2D eigenvalue weighted by Crippen LogP contribution is 2.31. The molecular formula is C21H25F4N5O. The lowest BCUT2D eigenvalue weighted by molar-refractivity contribution is -0.140. The van der Waals surface area contributed by atoms with Crippen LogP contribution in [0.3, 0.4) is 0 Å². The lowest BCUT2D eigenvalue weighted by Crippen LogP contribution is -2.40.